The van der Waals surface area contributed by atoms with Crippen molar-refractivity contribution in [3.05, 3.63) is 90.5 Å². The highest BCUT2D eigenvalue weighted by molar-refractivity contribution is 5.99. The normalized spacial score (nSPS) is 12.6. The lowest BCUT2D eigenvalue weighted by molar-refractivity contribution is 0.0744. The highest BCUT2D eigenvalue weighted by Crippen LogP contribution is 2.13. The van der Waals surface area contributed by atoms with Gasteiger partial charge in [0.15, 0.2) is 0 Å². The monoisotopic (exact) mass is 421 g/mol. The summed E-state index contributed by atoms with van der Waals surface area (Å²) in [6, 6.07) is 25.3. The van der Waals surface area contributed by atoms with Gasteiger partial charge in [-0.3, -0.25) is 5.32 Å². The molecule has 162 valence electrons. The van der Waals surface area contributed by atoms with Crippen LogP contribution in [-0.2, 0) is 6.42 Å². The van der Waals surface area contributed by atoms with Crippen molar-refractivity contribution in [2.24, 2.45) is 0 Å². The largest absolute Gasteiger partial charge is 0.491 e. The van der Waals surface area contributed by atoms with E-state index in [-0.39, 0.29) is 19.2 Å². The van der Waals surface area contributed by atoms with Crippen LogP contribution in [0.2, 0.25) is 0 Å². The Morgan fingerprint density at radius 2 is 1.39 bits per heavy atom. The van der Waals surface area contributed by atoms with Crippen LogP contribution < -0.4 is 20.7 Å². The maximum atomic E-state index is 12.0. The van der Waals surface area contributed by atoms with E-state index in [1.807, 2.05) is 72.8 Å². The number of carbonyl (C=O) groups excluding carboxylic acids is 1. The second-order valence-corrected chi connectivity index (χ2v) is 7.05. The fraction of sp³-hybridized carbons (Fsp3) is 0.208. The van der Waals surface area contributed by atoms with Gasteiger partial charge in [-0.05, 0) is 42.0 Å². The third-order valence-electron chi connectivity index (χ3n) is 4.45. The standard InChI is InChI=1S/C24H27N3O4/c28-21(17-31-22-9-5-2-6-10-22)16-25-23(29)15-18-11-13-20(14-12-18)27-24(30)26-19-7-3-1-4-8-19/h1-14,21,23,25,28-29H,15-17H2,(H2,26,27,30)/t21-,23-/m0/s1. The van der Waals surface area contributed by atoms with Crippen molar-refractivity contribution in [2.45, 2.75) is 18.8 Å². The van der Waals surface area contributed by atoms with Gasteiger partial charge in [0.25, 0.3) is 0 Å². The number of aliphatic hydroxyl groups is 2. The SMILES string of the molecule is O=C(Nc1ccccc1)Nc1ccc(C[C@H](O)NC[C@H](O)COc2ccccc2)cc1. The molecule has 3 rings (SSSR count). The maximum Gasteiger partial charge on any atom is 0.323 e. The third kappa shape index (κ3) is 8.10. The van der Waals surface area contributed by atoms with E-state index >= 15 is 0 Å². The molecule has 5 N–H and O–H groups in total. The number of amides is 2. The highest BCUT2D eigenvalue weighted by atomic mass is 16.5. The van der Waals surface area contributed by atoms with Gasteiger partial charge in [0.2, 0.25) is 0 Å². The zero-order valence-corrected chi connectivity index (χ0v) is 17.1. The molecule has 0 bridgehead atoms. The molecule has 0 saturated carbocycles. The van der Waals surface area contributed by atoms with E-state index in [0.29, 0.717) is 23.5 Å². The first-order valence-electron chi connectivity index (χ1n) is 10.1. The number of hydrogen-bond donors (Lipinski definition) is 5. The molecule has 0 saturated heterocycles. The van der Waals surface area contributed by atoms with Crippen LogP contribution in [0.3, 0.4) is 0 Å². The van der Waals surface area contributed by atoms with E-state index in [2.05, 4.69) is 16.0 Å². The molecule has 0 heterocycles. The quantitative estimate of drug-likeness (QED) is 0.324. The van der Waals surface area contributed by atoms with E-state index in [0.717, 1.165) is 5.56 Å². The fourth-order valence-electron chi connectivity index (χ4n) is 2.87. The highest BCUT2D eigenvalue weighted by Gasteiger charge is 2.10. The summed E-state index contributed by atoms with van der Waals surface area (Å²) in [4.78, 5) is 12.0. The van der Waals surface area contributed by atoms with Crippen molar-refractivity contribution < 1.29 is 19.7 Å². The van der Waals surface area contributed by atoms with Gasteiger partial charge in [-0.1, -0.05) is 48.5 Å². The Bertz CT molecular complexity index is 921. The van der Waals surface area contributed by atoms with Crippen molar-refractivity contribution in [2.75, 3.05) is 23.8 Å². The zero-order chi connectivity index (χ0) is 21.9. The molecular formula is C24H27N3O4. The summed E-state index contributed by atoms with van der Waals surface area (Å²) in [5.41, 5.74) is 2.25. The fourth-order valence-corrected chi connectivity index (χ4v) is 2.87. The summed E-state index contributed by atoms with van der Waals surface area (Å²) < 4.78 is 5.49. The van der Waals surface area contributed by atoms with Gasteiger partial charge in [0, 0.05) is 24.3 Å². The molecule has 2 amide bonds. The van der Waals surface area contributed by atoms with Gasteiger partial charge in [0.1, 0.15) is 24.7 Å². The number of carbonyl (C=O) groups is 1. The number of hydrogen-bond acceptors (Lipinski definition) is 5. The minimum absolute atomic E-state index is 0.134. The maximum absolute atomic E-state index is 12.0. The number of benzene rings is 3. The first kappa shape index (κ1) is 22.3. The van der Waals surface area contributed by atoms with E-state index < -0.39 is 12.3 Å². The number of rotatable bonds is 10. The Hall–Kier alpha value is -3.39. The molecule has 0 radical (unpaired) electrons. The minimum Gasteiger partial charge on any atom is -0.491 e. The molecular weight excluding hydrogens is 394 g/mol. The Labute approximate surface area is 181 Å². The topological polar surface area (TPSA) is 103 Å². The molecule has 0 aliphatic rings. The van der Waals surface area contributed by atoms with Crippen LogP contribution in [0.15, 0.2) is 84.9 Å². The smallest absolute Gasteiger partial charge is 0.323 e. The first-order valence-corrected chi connectivity index (χ1v) is 10.1. The zero-order valence-electron chi connectivity index (χ0n) is 17.1. The van der Waals surface area contributed by atoms with Crippen LogP contribution in [0, 0.1) is 0 Å². The second-order valence-electron chi connectivity index (χ2n) is 7.05. The lowest BCUT2D eigenvalue weighted by Gasteiger charge is -2.17. The average Bonchev–Trinajstić information content (AvgIpc) is 2.79. The van der Waals surface area contributed by atoms with Gasteiger partial charge in [-0.15, -0.1) is 0 Å². The molecule has 0 aliphatic heterocycles. The second kappa shape index (κ2) is 11.7. The van der Waals surface area contributed by atoms with Crippen LogP contribution in [0.4, 0.5) is 16.2 Å². The minimum atomic E-state index is -0.813. The number of aliphatic hydroxyl groups excluding tert-OH is 2. The average molecular weight is 421 g/mol. The molecule has 31 heavy (non-hydrogen) atoms. The molecule has 2 atom stereocenters. The summed E-state index contributed by atoms with van der Waals surface area (Å²) in [5.74, 6) is 0.688. The number of anilines is 2. The van der Waals surface area contributed by atoms with Crippen molar-refractivity contribution in [1.82, 2.24) is 5.32 Å². The molecule has 0 aliphatic carbocycles. The molecule has 0 spiro atoms. The number of nitrogens with one attached hydrogen (secondary N) is 3. The van der Waals surface area contributed by atoms with Crippen molar-refractivity contribution in [3.8, 4) is 5.75 Å². The van der Waals surface area contributed by atoms with Crippen molar-refractivity contribution in [3.63, 3.8) is 0 Å². The summed E-state index contributed by atoms with van der Waals surface area (Å²) in [7, 11) is 0. The first-order chi connectivity index (χ1) is 15.1. The predicted octanol–water partition coefficient (Wildman–Crippen LogP) is 3.22. The van der Waals surface area contributed by atoms with Gasteiger partial charge < -0.3 is 25.6 Å². The Balaban J connectivity index is 1.37. The lowest BCUT2D eigenvalue weighted by atomic mass is 10.1. The Kier molecular flexibility index (Phi) is 8.42. The van der Waals surface area contributed by atoms with Crippen LogP contribution in [0.25, 0.3) is 0 Å². The molecule has 0 fully saturated rings. The van der Waals surface area contributed by atoms with E-state index in [1.165, 1.54) is 0 Å². The Morgan fingerprint density at radius 1 is 0.806 bits per heavy atom. The van der Waals surface area contributed by atoms with Gasteiger partial charge in [-0.25, -0.2) is 4.79 Å². The molecule has 0 aromatic heterocycles. The number of para-hydroxylation sites is 2. The molecule has 7 nitrogen and oxygen atoms in total. The van der Waals surface area contributed by atoms with Gasteiger partial charge in [0.05, 0.1) is 0 Å². The predicted molar refractivity (Wildman–Crippen MR) is 121 cm³/mol. The number of urea groups is 1. The van der Waals surface area contributed by atoms with Crippen LogP contribution in [-0.4, -0.2) is 41.7 Å². The van der Waals surface area contributed by atoms with E-state index in [4.69, 9.17) is 4.74 Å². The molecule has 3 aromatic rings. The molecule has 3 aromatic carbocycles. The van der Waals surface area contributed by atoms with Crippen molar-refractivity contribution in [1.29, 1.82) is 0 Å². The van der Waals surface area contributed by atoms with Crippen LogP contribution in [0.1, 0.15) is 5.56 Å². The van der Waals surface area contributed by atoms with E-state index in [1.54, 1.807) is 12.1 Å². The van der Waals surface area contributed by atoms with Crippen LogP contribution >= 0.6 is 0 Å². The third-order valence-corrected chi connectivity index (χ3v) is 4.45. The Morgan fingerprint density at radius 3 is 2.03 bits per heavy atom. The van der Waals surface area contributed by atoms with Gasteiger partial charge in [-0.2, -0.15) is 0 Å². The van der Waals surface area contributed by atoms with E-state index in [9.17, 15) is 15.0 Å². The summed E-state index contributed by atoms with van der Waals surface area (Å²) >= 11 is 0. The van der Waals surface area contributed by atoms with Crippen LogP contribution in [0.5, 0.6) is 5.75 Å². The molecule has 0 unspecified atom stereocenters. The summed E-state index contributed by atoms with van der Waals surface area (Å²) in [5, 5.41) is 28.6. The summed E-state index contributed by atoms with van der Waals surface area (Å²) in [6.07, 6.45) is -1.20. The number of ether oxygens (including phenoxy) is 1. The van der Waals surface area contributed by atoms with Gasteiger partial charge >= 0.3 is 6.03 Å². The van der Waals surface area contributed by atoms with Crippen molar-refractivity contribution >= 4 is 17.4 Å². The summed E-state index contributed by atoms with van der Waals surface area (Å²) in [6.45, 7) is 0.336. The molecule has 7 heteroatoms. The lowest BCUT2D eigenvalue weighted by Crippen LogP contribution is -2.39.